The van der Waals surface area contributed by atoms with Crippen molar-refractivity contribution in [3.63, 3.8) is 0 Å². The van der Waals surface area contributed by atoms with Crippen LogP contribution in [-0.4, -0.2) is 38.9 Å². The van der Waals surface area contributed by atoms with E-state index in [2.05, 4.69) is 23.6 Å². The van der Waals surface area contributed by atoms with E-state index in [1.807, 2.05) is 30.3 Å². The SMILES string of the molecule is COCC(C)NC(=NCCc1ccco1)NC1CCOc2ccccc21. The van der Waals surface area contributed by atoms with Gasteiger partial charge in [-0.3, -0.25) is 4.99 Å². The minimum atomic E-state index is 0.157. The summed E-state index contributed by atoms with van der Waals surface area (Å²) in [7, 11) is 1.70. The van der Waals surface area contributed by atoms with Gasteiger partial charge in [0.15, 0.2) is 5.96 Å². The molecule has 1 aliphatic rings. The van der Waals surface area contributed by atoms with Gasteiger partial charge < -0.3 is 24.5 Å². The van der Waals surface area contributed by atoms with E-state index in [0.29, 0.717) is 19.8 Å². The molecule has 3 rings (SSSR count). The standard InChI is InChI=1S/C20H27N3O3/c1-15(14-24-2)22-20(21-11-9-16-6-5-12-25-16)23-18-10-13-26-19-8-4-3-7-17(18)19/h3-8,12,15,18H,9-11,13-14H2,1-2H3,(H2,21,22,23). The van der Waals surface area contributed by atoms with Crippen LogP contribution < -0.4 is 15.4 Å². The summed E-state index contributed by atoms with van der Waals surface area (Å²) in [5.41, 5.74) is 1.17. The van der Waals surface area contributed by atoms with Crippen molar-refractivity contribution in [3.05, 3.63) is 54.0 Å². The van der Waals surface area contributed by atoms with E-state index in [9.17, 15) is 0 Å². The Labute approximate surface area is 154 Å². The molecule has 0 aliphatic carbocycles. The molecule has 2 N–H and O–H groups in total. The highest BCUT2D eigenvalue weighted by Crippen LogP contribution is 2.31. The van der Waals surface area contributed by atoms with Gasteiger partial charge in [-0.2, -0.15) is 0 Å². The first kappa shape index (κ1) is 18.3. The van der Waals surface area contributed by atoms with Gasteiger partial charge in [-0.1, -0.05) is 18.2 Å². The number of fused-ring (bicyclic) bond motifs is 1. The second-order valence-corrected chi connectivity index (χ2v) is 6.43. The van der Waals surface area contributed by atoms with Crippen molar-refractivity contribution >= 4 is 5.96 Å². The quantitative estimate of drug-likeness (QED) is 0.589. The molecule has 0 amide bonds. The fraction of sp³-hybridized carbons (Fsp3) is 0.450. The molecule has 1 aliphatic heterocycles. The van der Waals surface area contributed by atoms with Gasteiger partial charge in [-0.25, -0.2) is 0 Å². The van der Waals surface area contributed by atoms with Crippen molar-refractivity contribution in [3.8, 4) is 5.75 Å². The summed E-state index contributed by atoms with van der Waals surface area (Å²) < 4.78 is 16.4. The van der Waals surface area contributed by atoms with Gasteiger partial charge in [-0.05, 0) is 25.1 Å². The van der Waals surface area contributed by atoms with Gasteiger partial charge in [0.2, 0.25) is 0 Å². The number of ether oxygens (including phenoxy) is 2. The van der Waals surface area contributed by atoms with Gasteiger partial charge in [0, 0.05) is 38.1 Å². The van der Waals surface area contributed by atoms with E-state index in [-0.39, 0.29) is 12.1 Å². The Kier molecular flexibility index (Phi) is 6.55. The number of furan rings is 1. The Bertz CT molecular complexity index is 700. The van der Waals surface area contributed by atoms with Crippen LogP contribution in [0.5, 0.6) is 5.75 Å². The maximum absolute atomic E-state index is 5.75. The summed E-state index contributed by atoms with van der Waals surface area (Å²) in [5.74, 6) is 2.66. The molecule has 0 radical (unpaired) electrons. The highest BCUT2D eigenvalue weighted by Gasteiger charge is 2.22. The third kappa shape index (κ3) is 5.02. The van der Waals surface area contributed by atoms with Gasteiger partial charge in [0.1, 0.15) is 11.5 Å². The molecule has 0 bridgehead atoms. The van der Waals surface area contributed by atoms with Crippen LogP contribution in [0.4, 0.5) is 0 Å². The van der Waals surface area contributed by atoms with Crippen molar-refractivity contribution in [2.24, 2.45) is 4.99 Å². The summed E-state index contributed by atoms with van der Waals surface area (Å²) in [6.07, 6.45) is 3.35. The molecule has 0 saturated heterocycles. The molecule has 2 atom stereocenters. The number of aliphatic imine (C=N–C) groups is 1. The number of nitrogens with one attached hydrogen (secondary N) is 2. The topological polar surface area (TPSA) is 68.0 Å². The van der Waals surface area contributed by atoms with Crippen molar-refractivity contribution in [2.45, 2.75) is 31.8 Å². The number of nitrogens with zero attached hydrogens (tertiary/aromatic N) is 1. The zero-order valence-electron chi connectivity index (χ0n) is 15.4. The summed E-state index contributed by atoms with van der Waals surface area (Å²) in [4.78, 5) is 4.73. The fourth-order valence-electron chi connectivity index (χ4n) is 3.05. The van der Waals surface area contributed by atoms with Crippen LogP contribution >= 0.6 is 0 Å². The Morgan fingerprint density at radius 2 is 2.19 bits per heavy atom. The maximum Gasteiger partial charge on any atom is 0.192 e. The molecule has 1 aromatic carbocycles. The summed E-state index contributed by atoms with van der Waals surface area (Å²) >= 11 is 0. The second kappa shape index (κ2) is 9.29. The highest BCUT2D eigenvalue weighted by molar-refractivity contribution is 5.80. The van der Waals surface area contributed by atoms with Crippen molar-refractivity contribution in [1.29, 1.82) is 0 Å². The molecule has 6 heteroatoms. The van der Waals surface area contributed by atoms with Gasteiger partial charge in [0.05, 0.1) is 25.5 Å². The van der Waals surface area contributed by atoms with E-state index in [1.165, 1.54) is 5.56 Å². The zero-order valence-corrected chi connectivity index (χ0v) is 15.4. The Morgan fingerprint density at radius 3 is 3.00 bits per heavy atom. The fourth-order valence-corrected chi connectivity index (χ4v) is 3.05. The normalized spacial score (nSPS) is 17.9. The lowest BCUT2D eigenvalue weighted by molar-refractivity contribution is 0.178. The molecular weight excluding hydrogens is 330 g/mol. The zero-order chi connectivity index (χ0) is 18.2. The molecule has 0 saturated carbocycles. The van der Waals surface area contributed by atoms with Gasteiger partial charge in [-0.15, -0.1) is 0 Å². The Balaban J connectivity index is 1.68. The smallest absolute Gasteiger partial charge is 0.192 e. The number of rotatable bonds is 7. The molecule has 2 aromatic rings. The highest BCUT2D eigenvalue weighted by atomic mass is 16.5. The summed E-state index contributed by atoms with van der Waals surface area (Å²) in [6, 6.07) is 12.3. The third-order valence-corrected chi connectivity index (χ3v) is 4.28. The van der Waals surface area contributed by atoms with Crippen LogP contribution in [-0.2, 0) is 11.2 Å². The minimum Gasteiger partial charge on any atom is -0.493 e. The summed E-state index contributed by atoms with van der Waals surface area (Å²) in [5, 5.41) is 6.97. The van der Waals surface area contributed by atoms with Gasteiger partial charge in [0.25, 0.3) is 0 Å². The van der Waals surface area contributed by atoms with Crippen LogP contribution in [0, 0.1) is 0 Å². The first-order valence-electron chi connectivity index (χ1n) is 9.07. The number of para-hydroxylation sites is 1. The first-order chi connectivity index (χ1) is 12.8. The van der Waals surface area contributed by atoms with E-state index >= 15 is 0 Å². The molecule has 26 heavy (non-hydrogen) atoms. The molecule has 1 aromatic heterocycles. The van der Waals surface area contributed by atoms with Crippen LogP contribution in [0.2, 0.25) is 0 Å². The lowest BCUT2D eigenvalue weighted by atomic mass is 10.0. The minimum absolute atomic E-state index is 0.157. The van der Waals surface area contributed by atoms with E-state index in [1.54, 1.807) is 13.4 Å². The van der Waals surface area contributed by atoms with Crippen LogP contribution in [0.15, 0.2) is 52.1 Å². The predicted octanol–water partition coefficient (Wildman–Crippen LogP) is 2.92. The Morgan fingerprint density at radius 1 is 1.31 bits per heavy atom. The van der Waals surface area contributed by atoms with Crippen molar-refractivity contribution < 1.29 is 13.9 Å². The van der Waals surface area contributed by atoms with Crippen molar-refractivity contribution in [1.82, 2.24) is 10.6 Å². The number of guanidine groups is 1. The number of methoxy groups -OCH3 is 1. The number of benzene rings is 1. The first-order valence-corrected chi connectivity index (χ1v) is 9.07. The van der Waals surface area contributed by atoms with Crippen LogP contribution in [0.3, 0.4) is 0 Å². The van der Waals surface area contributed by atoms with Crippen molar-refractivity contribution in [2.75, 3.05) is 26.9 Å². The lowest BCUT2D eigenvalue weighted by Gasteiger charge is -2.29. The summed E-state index contributed by atoms with van der Waals surface area (Å²) in [6.45, 7) is 4.03. The average molecular weight is 357 g/mol. The molecule has 2 heterocycles. The van der Waals surface area contributed by atoms with Crippen LogP contribution in [0.25, 0.3) is 0 Å². The van der Waals surface area contributed by atoms with E-state index in [0.717, 1.165) is 30.3 Å². The lowest BCUT2D eigenvalue weighted by Crippen LogP contribution is -2.46. The number of hydrogen-bond donors (Lipinski definition) is 2. The van der Waals surface area contributed by atoms with Crippen LogP contribution in [0.1, 0.15) is 30.7 Å². The third-order valence-electron chi connectivity index (χ3n) is 4.28. The molecule has 140 valence electrons. The molecular formula is C20H27N3O3. The average Bonchev–Trinajstić information content (AvgIpc) is 3.15. The molecule has 6 nitrogen and oxygen atoms in total. The second-order valence-electron chi connectivity index (χ2n) is 6.43. The monoisotopic (exact) mass is 357 g/mol. The van der Waals surface area contributed by atoms with E-state index in [4.69, 9.17) is 18.9 Å². The molecule has 2 unspecified atom stereocenters. The molecule has 0 spiro atoms. The van der Waals surface area contributed by atoms with Gasteiger partial charge >= 0.3 is 0 Å². The number of hydrogen-bond acceptors (Lipinski definition) is 4. The van der Waals surface area contributed by atoms with E-state index < -0.39 is 0 Å². The molecule has 0 fully saturated rings. The predicted molar refractivity (Wildman–Crippen MR) is 102 cm³/mol. The largest absolute Gasteiger partial charge is 0.493 e. The maximum atomic E-state index is 5.75. The Hall–Kier alpha value is -2.47.